The molecule has 1 aromatic heterocycles. The highest BCUT2D eigenvalue weighted by molar-refractivity contribution is 7.92. The standard InChI is InChI=1S/C19H21N7O3S/c1-25-18(22-23-24-25)15-6-4-7-16(13-15)21-19(27)20-10-12-30(28,29)26-11-9-14-5-2-3-8-17(14)26/h2-8,13H,9-12H2,1H3,(H2,20,21,27). The molecule has 156 valence electrons. The number of aromatic nitrogens is 4. The first kappa shape index (κ1) is 19.8. The Morgan fingerprint density at radius 1 is 1.17 bits per heavy atom. The first-order chi connectivity index (χ1) is 14.4. The van der Waals surface area contributed by atoms with Gasteiger partial charge in [-0.2, -0.15) is 0 Å². The fourth-order valence-corrected chi connectivity index (χ4v) is 4.81. The van der Waals surface area contributed by atoms with Crippen molar-refractivity contribution < 1.29 is 13.2 Å². The van der Waals surface area contributed by atoms with Crippen molar-refractivity contribution in [1.29, 1.82) is 0 Å². The third-order valence-electron chi connectivity index (χ3n) is 4.82. The maximum atomic E-state index is 12.7. The van der Waals surface area contributed by atoms with Gasteiger partial charge in [0, 0.05) is 31.4 Å². The molecule has 0 spiro atoms. The molecule has 0 atom stereocenters. The van der Waals surface area contributed by atoms with Crippen molar-refractivity contribution in [2.45, 2.75) is 6.42 Å². The van der Waals surface area contributed by atoms with Crippen LogP contribution in [0.2, 0.25) is 0 Å². The quantitative estimate of drug-likeness (QED) is 0.613. The summed E-state index contributed by atoms with van der Waals surface area (Å²) >= 11 is 0. The number of para-hydroxylation sites is 1. The molecule has 2 heterocycles. The average molecular weight is 427 g/mol. The second kappa shape index (κ2) is 8.11. The van der Waals surface area contributed by atoms with Crippen molar-refractivity contribution in [3.8, 4) is 11.4 Å². The maximum Gasteiger partial charge on any atom is 0.319 e. The summed E-state index contributed by atoms with van der Waals surface area (Å²) in [4.78, 5) is 12.2. The Morgan fingerprint density at radius 3 is 2.80 bits per heavy atom. The van der Waals surface area contributed by atoms with Crippen molar-refractivity contribution in [3.05, 3.63) is 54.1 Å². The van der Waals surface area contributed by atoms with Crippen molar-refractivity contribution in [2.24, 2.45) is 7.05 Å². The summed E-state index contributed by atoms with van der Waals surface area (Å²) in [5, 5.41) is 16.6. The number of amides is 2. The van der Waals surface area contributed by atoms with Crippen LogP contribution in [0.25, 0.3) is 11.4 Å². The van der Waals surface area contributed by atoms with E-state index in [0.29, 0.717) is 24.5 Å². The van der Waals surface area contributed by atoms with Crippen LogP contribution in [-0.4, -0.2) is 53.5 Å². The summed E-state index contributed by atoms with van der Waals surface area (Å²) in [6, 6.07) is 14.0. The highest BCUT2D eigenvalue weighted by Gasteiger charge is 2.28. The molecular weight excluding hydrogens is 406 g/mol. The predicted molar refractivity (Wildman–Crippen MR) is 113 cm³/mol. The zero-order valence-corrected chi connectivity index (χ0v) is 17.1. The molecule has 0 fully saturated rings. The molecule has 0 bridgehead atoms. The van der Waals surface area contributed by atoms with E-state index in [1.54, 1.807) is 31.3 Å². The lowest BCUT2D eigenvalue weighted by Gasteiger charge is -2.19. The van der Waals surface area contributed by atoms with E-state index in [9.17, 15) is 13.2 Å². The number of hydrogen-bond acceptors (Lipinski definition) is 6. The normalized spacial score (nSPS) is 13.2. The molecule has 0 saturated carbocycles. The number of aryl methyl sites for hydroxylation is 1. The Bertz CT molecular complexity index is 1180. The highest BCUT2D eigenvalue weighted by Crippen LogP contribution is 2.29. The summed E-state index contributed by atoms with van der Waals surface area (Å²) < 4.78 is 28.3. The van der Waals surface area contributed by atoms with E-state index < -0.39 is 16.1 Å². The maximum absolute atomic E-state index is 12.7. The number of anilines is 2. The number of nitrogens with one attached hydrogen (secondary N) is 2. The van der Waals surface area contributed by atoms with Gasteiger partial charge in [-0.15, -0.1) is 5.10 Å². The summed E-state index contributed by atoms with van der Waals surface area (Å²) in [5.74, 6) is 0.385. The number of sulfonamides is 1. The lowest BCUT2D eigenvalue weighted by atomic mass is 10.2. The Morgan fingerprint density at radius 2 is 2.00 bits per heavy atom. The van der Waals surface area contributed by atoms with Gasteiger partial charge in [0.2, 0.25) is 10.0 Å². The zero-order chi connectivity index (χ0) is 21.1. The molecule has 0 radical (unpaired) electrons. The number of carbonyl (C=O) groups is 1. The second-order valence-electron chi connectivity index (χ2n) is 6.85. The van der Waals surface area contributed by atoms with Gasteiger partial charge in [0.1, 0.15) is 0 Å². The van der Waals surface area contributed by atoms with Crippen LogP contribution < -0.4 is 14.9 Å². The van der Waals surface area contributed by atoms with Crippen molar-refractivity contribution in [1.82, 2.24) is 25.5 Å². The Hall–Kier alpha value is -3.47. The third-order valence-corrected chi connectivity index (χ3v) is 6.60. The molecule has 0 saturated heterocycles. The van der Waals surface area contributed by atoms with E-state index >= 15 is 0 Å². The van der Waals surface area contributed by atoms with E-state index in [0.717, 1.165) is 16.8 Å². The zero-order valence-electron chi connectivity index (χ0n) is 16.3. The second-order valence-corrected chi connectivity index (χ2v) is 8.87. The van der Waals surface area contributed by atoms with Crippen LogP contribution in [0.1, 0.15) is 5.56 Å². The number of hydrogen-bond donors (Lipinski definition) is 2. The van der Waals surface area contributed by atoms with E-state index in [1.165, 1.54) is 8.99 Å². The van der Waals surface area contributed by atoms with Crippen molar-refractivity contribution >= 4 is 27.4 Å². The Labute approximate surface area is 173 Å². The molecule has 4 rings (SSSR count). The van der Waals surface area contributed by atoms with Gasteiger partial charge >= 0.3 is 6.03 Å². The fraction of sp³-hybridized carbons (Fsp3) is 0.263. The molecule has 3 aromatic rings. The lowest BCUT2D eigenvalue weighted by Crippen LogP contribution is -2.38. The molecule has 10 nitrogen and oxygen atoms in total. The predicted octanol–water partition coefficient (Wildman–Crippen LogP) is 1.39. The molecule has 2 aromatic carbocycles. The van der Waals surface area contributed by atoms with Crippen LogP contribution in [0.5, 0.6) is 0 Å². The van der Waals surface area contributed by atoms with Crippen LogP contribution in [-0.2, 0) is 23.5 Å². The molecule has 1 aliphatic rings. The van der Waals surface area contributed by atoms with E-state index in [4.69, 9.17) is 0 Å². The van der Waals surface area contributed by atoms with Gasteiger partial charge in [0.15, 0.2) is 5.82 Å². The number of urea groups is 1. The molecule has 0 unspecified atom stereocenters. The molecule has 2 amide bonds. The van der Waals surface area contributed by atoms with Gasteiger partial charge in [0.05, 0.1) is 11.4 Å². The minimum absolute atomic E-state index is 0.000267. The van der Waals surface area contributed by atoms with Crippen LogP contribution in [0.15, 0.2) is 48.5 Å². The number of nitrogens with zero attached hydrogens (tertiary/aromatic N) is 5. The first-order valence-corrected chi connectivity index (χ1v) is 11.0. The number of tetrazole rings is 1. The summed E-state index contributed by atoms with van der Waals surface area (Å²) in [5.41, 5.74) is 3.03. The van der Waals surface area contributed by atoms with Gasteiger partial charge in [-0.25, -0.2) is 17.9 Å². The molecule has 2 N–H and O–H groups in total. The molecule has 30 heavy (non-hydrogen) atoms. The fourth-order valence-electron chi connectivity index (χ4n) is 3.39. The Balaban J connectivity index is 1.33. The summed E-state index contributed by atoms with van der Waals surface area (Å²) in [6.45, 7) is 0.428. The molecule has 11 heteroatoms. The first-order valence-electron chi connectivity index (χ1n) is 9.40. The molecular formula is C19H21N7O3S. The summed E-state index contributed by atoms with van der Waals surface area (Å²) in [6.07, 6.45) is 0.695. The SMILES string of the molecule is Cn1nnnc1-c1cccc(NC(=O)NCCS(=O)(=O)N2CCc3ccccc32)c1. The van der Waals surface area contributed by atoms with Crippen molar-refractivity contribution in [2.75, 3.05) is 28.5 Å². The van der Waals surface area contributed by atoms with Gasteiger partial charge in [0.25, 0.3) is 0 Å². The number of carbonyl (C=O) groups excluding carboxylic acids is 1. The smallest absolute Gasteiger partial charge is 0.319 e. The molecule has 1 aliphatic heterocycles. The molecule has 0 aliphatic carbocycles. The summed E-state index contributed by atoms with van der Waals surface area (Å²) in [7, 11) is -1.79. The highest BCUT2D eigenvalue weighted by atomic mass is 32.2. The monoisotopic (exact) mass is 427 g/mol. The van der Waals surface area contributed by atoms with Crippen LogP contribution in [0, 0.1) is 0 Å². The number of rotatable bonds is 6. The van der Waals surface area contributed by atoms with Gasteiger partial charge in [-0.1, -0.05) is 30.3 Å². The number of fused-ring (bicyclic) bond motifs is 1. The van der Waals surface area contributed by atoms with Gasteiger partial charge in [-0.3, -0.25) is 4.31 Å². The minimum atomic E-state index is -3.52. The van der Waals surface area contributed by atoms with Crippen LogP contribution in [0.4, 0.5) is 16.2 Å². The minimum Gasteiger partial charge on any atom is -0.337 e. The van der Waals surface area contributed by atoms with Crippen LogP contribution in [0.3, 0.4) is 0 Å². The van der Waals surface area contributed by atoms with Crippen LogP contribution >= 0.6 is 0 Å². The van der Waals surface area contributed by atoms with E-state index in [1.807, 2.05) is 24.3 Å². The van der Waals surface area contributed by atoms with Crippen molar-refractivity contribution in [3.63, 3.8) is 0 Å². The van der Waals surface area contributed by atoms with Gasteiger partial charge < -0.3 is 10.6 Å². The average Bonchev–Trinajstić information content (AvgIpc) is 3.34. The van der Waals surface area contributed by atoms with E-state index in [2.05, 4.69) is 26.2 Å². The van der Waals surface area contributed by atoms with Gasteiger partial charge in [-0.05, 0) is 40.6 Å². The largest absolute Gasteiger partial charge is 0.337 e. The van der Waals surface area contributed by atoms with E-state index in [-0.39, 0.29) is 12.3 Å². The Kier molecular flexibility index (Phi) is 5.36. The number of benzene rings is 2. The lowest BCUT2D eigenvalue weighted by molar-refractivity contribution is 0.252. The third kappa shape index (κ3) is 4.10. The topological polar surface area (TPSA) is 122 Å².